The Morgan fingerprint density at radius 2 is 2.15 bits per heavy atom. The van der Waals surface area contributed by atoms with Crippen LogP contribution < -0.4 is 0 Å². The minimum Gasteiger partial charge on any atom is -0.479 e. The van der Waals surface area contributed by atoms with Gasteiger partial charge in [-0.05, 0) is 0 Å². The van der Waals surface area contributed by atoms with Crippen molar-refractivity contribution in [2.75, 3.05) is 13.2 Å². The van der Waals surface area contributed by atoms with E-state index in [9.17, 15) is 15.0 Å². The quantitative estimate of drug-likeness (QED) is 0.441. The number of carbonyl (C=O) groups is 1. The molecule has 2 fully saturated rings. The van der Waals surface area contributed by atoms with Crippen LogP contribution >= 0.6 is 0 Å². The summed E-state index contributed by atoms with van der Waals surface area (Å²) in [5.74, 6) is -1.38. The molecule has 6 heteroatoms. The molecule has 3 N–H and O–H groups in total. The molecule has 0 amide bonds. The molecular formula is C7H10O6. The number of aliphatic carboxylic acids is 1. The van der Waals surface area contributed by atoms with Crippen molar-refractivity contribution < 1.29 is 29.6 Å². The van der Waals surface area contributed by atoms with Crippen molar-refractivity contribution >= 4 is 5.97 Å². The maximum atomic E-state index is 10.7. The van der Waals surface area contributed by atoms with Crippen LogP contribution in [0.4, 0.5) is 0 Å². The van der Waals surface area contributed by atoms with Crippen LogP contribution in [0.3, 0.4) is 0 Å². The Morgan fingerprint density at radius 3 is 2.77 bits per heavy atom. The van der Waals surface area contributed by atoms with Gasteiger partial charge in [0, 0.05) is 0 Å². The molecule has 2 rings (SSSR count). The van der Waals surface area contributed by atoms with Crippen LogP contribution in [-0.2, 0) is 14.3 Å². The molecule has 0 aliphatic carbocycles. The van der Waals surface area contributed by atoms with Crippen molar-refractivity contribution in [2.24, 2.45) is 0 Å². The summed E-state index contributed by atoms with van der Waals surface area (Å²) in [4.78, 5) is 10.7. The predicted molar refractivity (Wildman–Crippen MR) is 38.1 cm³/mol. The average molecular weight is 190 g/mol. The van der Waals surface area contributed by atoms with Crippen molar-refractivity contribution in [2.45, 2.75) is 23.9 Å². The lowest BCUT2D eigenvalue weighted by Gasteiger charge is -2.20. The number of aliphatic hydroxyl groups excluding tert-OH is 1. The molecule has 0 aromatic carbocycles. The van der Waals surface area contributed by atoms with Crippen LogP contribution in [0, 0.1) is 0 Å². The van der Waals surface area contributed by atoms with Crippen molar-refractivity contribution in [1.29, 1.82) is 0 Å². The van der Waals surface area contributed by atoms with Gasteiger partial charge in [-0.2, -0.15) is 0 Å². The molecule has 2 aliphatic rings. The fourth-order valence-corrected chi connectivity index (χ4v) is 1.69. The summed E-state index contributed by atoms with van der Waals surface area (Å²) in [7, 11) is 0. The minimum atomic E-state index is -2.01. The summed E-state index contributed by atoms with van der Waals surface area (Å²) < 4.78 is 9.92. The van der Waals surface area contributed by atoms with Gasteiger partial charge in [0.1, 0.15) is 18.3 Å². The summed E-state index contributed by atoms with van der Waals surface area (Å²) in [5, 5.41) is 27.6. The molecule has 6 nitrogen and oxygen atoms in total. The first kappa shape index (κ1) is 8.89. The Balaban J connectivity index is 2.23. The zero-order chi connectivity index (χ0) is 9.64. The van der Waals surface area contributed by atoms with E-state index in [4.69, 9.17) is 14.6 Å². The molecular weight excluding hydrogens is 180 g/mol. The van der Waals surface area contributed by atoms with E-state index in [0.29, 0.717) is 0 Å². The third-order valence-corrected chi connectivity index (χ3v) is 2.46. The number of hydrogen-bond donors (Lipinski definition) is 3. The van der Waals surface area contributed by atoms with E-state index < -0.39 is 29.9 Å². The molecule has 4 atom stereocenters. The largest absolute Gasteiger partial charge is 0.479 e. The molecule has 2 saturated heterocycles. The molecule has 2 heterocycles. The van der Waals surface area contributed by atoms with Gasteiger partial charge in [-0.1, -0.05) is 0 Å². The monoisotopic (exact) mass is 190 g/mol. The highest BCUT2D eigenvalue weighted by Crippen LogP contribution is 2.34. The summed E-state index contributed by atoms with van der Waals surface area (Å²) in [6, 6.07) is 0. The van der Waals surface area contributed by atoms with Gasteiger partial charge in [0.25, 0.3) is 0 Å². The standard InChI is InChI=1S/C7H10O6/c8-3-1-12-5-4(3)13-2-7(5,11)6(9)10/h3-5,8,11H,1-2H2,(H,9,10)/t3-,4-,5+,7-/m1/s1. The lowest BCUT2D eigenvalue weighted by atomic mass is 9.96. The Morgan fingerprint density at radius 1 is 1.46 bits per heavy atom. The Labute approximate surface area is 73.7 Å². The zero-order valence-electron chi connectivity index (χ0n) is 6.71. The molecule has 74 valence electrons. The Bertz CT molecular complexity index is 241. The van der Waals surface area contributed by atoms with E-state index in [1.165, 1.54) is 0 Å². The normalized spacial score (nSPS) is 49.2. The summed E-state index contributed by atoms with van der Waals surface area (Å²) >= 11 is 0. The van der Waals surface area contributed by atoms with Crippen LogP contribution in [0.5, 0.6) is 0 Å². The molecule has 0 spiro atoms. The van der Waals surface area contributed by atoms with Crippen LogP contribution in [-0.4, -0.2) is 58.4 Å². The number of aliphatic hydroxyl groups is 2. The summed E-state index contributed by atoms with van der Waals surface area (Å²) in [6.45, 7) is -0.334. The number of hydrogen-bond acceptors (Lipinski definition) is 5. The highest BCUT2D eigenvalue weighted by atomic mass is 16.6. The SMILES string of the molecule is O=C(O)[C@@]1(O)CO[C@@H]2[C@H](O)CO[C@@H]21. The maximum absolute atomic E-state index is 10.7. The maximum Gasteiger partial charge on any atom is 0.341 e. The predicted octanol–water partition coefficient (Wildman–Crippen LogP) is -2.04. The van der Waals surface area contributed by atoms with Crippen molar-refractivity contribution in [3.05, 3.63) is 0 Å². The third-order valence-electron chi connectivity index (χ3n) is 2.46. The molecule has 0 unspecified atom stereocenters. The number of ether oxygens (including phenoxy) is 2. The highest BCUT2D eigenvalue weighted by molar-refractivity contribution is 5.79. The van der Waals surface area contributed by atoms with Crippen LogP contribution in [0.15, 0.2) is 0 Å². The van der Waals surface area contributed by atoms with Crippen LogP contribution in [0.25, 0.3) is 0 Å². The second-order valence-electron chi connectivity index (χ2n) is 3.33. The van der Waals surface area contributed by atoms with E-state index in [0.717, 1.165) is 0 Å². The number of rotatable bonds is 1. The lowest BCUT2D eigenvalue weighted by Crippen LogP contribution is -2.50. The first-order valence-corrected chi connectivity index (χ1v) is 3.93. The first-order valence-electron chi connectivity index (χ1n) is 3.93. The number of fused-ring (bicyclic) bond motifs is 1. The van der Waals surface area contributed by atoms with Gasteiger partial charge in [0.2, 0.25) is 5.60 Å². The Kier molecular flexibility index (Phi) is 1.81. The van der Waals surface area contributed by atoms with E-state index in [1.807, 2.05) is 0 Å². The van der Waals surface area contributed by atoms with Crippen molar-refractivity contribution in [3.63, 3.8) is 0 Å². The molecule has 2 aliphatic heterocycles. The Hall–Kier alpha value is -0.690. The molecule has 13 heavy (non-hydrogen) atoms. The van der Waals surface area contributed by atoms with Gasteiger partial charge >= 0.3 is 5.97 Å². The van der Waals surface area contributed by atoms with E-state index >= 15 is 0 Å². The van der Waals surface area contributed by atoms with Gasteiger partial charge in [-0.3, -0.25) is 0 Å². The average Bonchev–Trinajstić information content (AvgIpc) is 2.57. The van der Waals surface area contributed by atoms with E-state index in [2.05, 4.69) is 0 Å². The smallest absolute Gasteiger partial charge is 0.341 e. The lowest BCUT2D eigenvalue weighted by molar-refractivity contribution is -0.168. The van der Waals surface area contributed by atoms with Gasteiger partial charge in [0.15, 0.2) is 0 Å². The molecule has 0 bridgehead atoms. The van der Waals surface area contributed by atoms with E-state index in [-0.39, 0.29) is 13.2 Å². The highest BCUT2D eigenvalue weighted by Gasteiger charge is 2.60. The van der Waals surface area contributed by atoms with Gasteiger partial charge in [0.05, 0.1) is 13.2 Å². The van der Waals surface area contributed by atoms with Gasteiger partial charge in [-0.25, -0.2) is 4.79 Å². The summed E-state index contributed by atoms with van der Waals surface area (Å²) in [5.41, 5.74) is -2.01. The molecule has 0 aromatic heterocycles. The number of carboxylic acid groups (broad SMARTS) is 1. The first-order chi connectivity index (χ1) is 6.05. The second-order valence-corrected chi connectivity index (χ2v) is 3.33. The fourth-order valence-electron chi connectivity index (χ4n) is 1.69. The molecule has 0 saturated carbocycles. The zero-order valence-corrected chi connectivity index (χ0v) is 6.71. The third kappa shape index (κ3) is 1.07. The number of carboxylic acids is 1. The van der Waals surface area contributed by atoms with Gasteiger partial charge < -0.3 is 24.8 Å². The molecule has 0 aromatic rings. The topological polar surface area (TPSA) is 96.2 Å². The van der Waals surface area contributed by atoms with Crippen LogP contribution in [0.1, 0.15) is 0 Å². The van der Waals surface area contributed by atoms with Crippen molar-refractivity contribution in [1.82, 2.24) is 0 Å². The van der Waals surface area contributed by atoms with Crippen LogP contribution in [0.2, 0.25) is 0 Å². The summed E-state index contributed by atoms with van der Waals surface area (Å²) in [6.07, 6.45) is -2.53. The minimum absolute atomic E-state index is 0.00488. The molecule has 0 radical (unpaired) electrons. The second kappa shape index (κ2) is 2.65. The van der Waals surface area contributed by atoms with Crippen molar-refractivity contribution in [3.8, 4) is 0 Å². The van der Waals surface area contributed by atoms with Gasteiger partial charge in [-0.15, -0.1) is 0 Å². The fraction of sp³-hybridized carbons (Fsp3) is 0.857. The van der Waals surface area contributed by atoms with E-state index in [1.54, 1.807) is 0 Å².